The third-order valence-corrected chi connectivity index (χ3v) is 4.94. The average Bonchev–Trinajstić information content (AvgIpc) is 3.12. The van der Waals surface area contributed by atoms with E-state index >= 15 is 0 Å². The number of anilines is 1. The molecule has 0 radical (unpaired) electrons. The maximum atomic E-state index is 13.0. The van der Waals surface area contributed by atoms with Crippen LogP contribution in [-0.2, 0) is 14.4 Å². The van der Waals surface area contributed by atoms with Gasteiger partial charge >= 0.3 is 0 Å². The van der Waals surface area contributed by atoms with Crippen LogP contribution >= 0.6 is 23.2 Å². The van der Waals surface area contributed by atoms with Crippen LogP contribution in [0.2, 0.25) is 10.0 Å². The first-order valence-corrected chi connectivity index (χ1v) is 8.37. The van der Waals surface area contributed by atoms with Crippen molar-refractivity contribution in [1.82, 2.24) is 0 Å². The van der Waals surface area contributed by atoms with E-state index in [1.807, 2.05) is 6.92 Å². The monoisotopic (exact) mass is 374 g/mol. The summed E-state index contributed by atoms with van der Waals surface area (Å²) in [6, 6.07) is 12.1. The number of amides is 2. The predicted molar refractivity (Wildman–Crippen MR) is 95.0 cm³/mol. The minimum absolute atomic E-state index is 0.371. The number of nitrogens with zero attached hydrogens (tertiary/aromatic N) is 2. The van der Waals surface area contributed by atoms with Crippen LogP contribution in [0.15, 0.2) is 47.6 Å². The molecular formula is C18H12Cl2N2O3. The highest BCUT2D eigenvalue weighted by molar-refractivity contribution is 6.38. The molecule has 2 aromatic rings. The fourth-order valence-electron chi connectivity index (χ4n) is 3.13. The standard InChI is InChI=1S/C18H12Cl2N2O3/c1-9-6-7-10(19)8-13(9)22-17(23)14-15(21-25-16(14)18(22)24)11-4-2-3-5-12(11)20/h2-8,14,16H,1H3. The number of rotatable bonds is 2. The van der Waals surface area contributed by atoms with Gasteiger partial charge in [-0.15, -0.1) is 0 Å². The van der Waals surface area contributed by atoms with Gasteiger partial charge in [-0.2, -0.15) is 0 Å². The largest absolute Gasteiger partial charge is 0.381 e. The minimum atomic E-state index is -0.975. The van der Waals surface area contributed by atoms with E-state index in [0.717, 1.165) is 10.5 Å². The Hall–Kier alpha value is -2.37. The Labute approximate surface area is 153 Å². The fraction of sp³-hybridized carbons (Fsp3) is 0.167. The summed E-state index contributed by atoms with van der Waals surface area (Å²) >= 11 is 12.2. The van der Waals surface area contributed by atoms with Crippen LogP contribution in [0, 0.1) is 12.8 Å². The SMILES string of the molecule is Cc1ccc(Cl)cc1N1C(=O)C2ON=C(c3ccccc3Cl)C2C1=O. The Morgan fingerprint density at radius 3 is 2.60 bits per heavy atom. The third-order valence-electron chi connectivity index (χ3n) is 4.37. The molecule has 0 aromatic heterocycles. The number of hydrogen-bond acceptors (Lipinski definition) is 4. The molecule has 1 saturated heterocycles. The first-order valence-electron chi connectivity index (χ1n) is 7.61. The third kappa shape index (κ3) is 2.42. The van der Waals surface area contributed by atoms with E-state index in [1.54, 1.807) is 42.5 Å². The summed E-state index contributed by atoms with van der Waals surface area (Å²) < 4.78 is 0. The number of aryl methyl sites for hydroxylation is 1. The fourth-order valence-corrected chi connectivity index (χ4v) is 3.53. The number of fused-ring (bicyclic) bond motifs is 1. The molecule has 4 rings (SSSR count). The van der Waals surface area contributed by atoms with Crippen molar-refractivity contribution in [3.8, 4) is 0 Å². The first-order chi connectivity index (χ1) is 12.0. The Kier molecular flexibility index (Phi) is 3.78. The topological polar surface area (TPSA) is 59.0 Å². The van der Waals surface area contributed by atoms with E-state index in [1.165, 1.54) is 0 Å². The van der Waals surface area contributed by atoms with Crippen molar-refractivity contribution in [2.75, 3.05) is 4.90 Å². The van der Waals surface area contributed by atoms with Gasteiger partial charge in [-0.05, 0) is 30.7 Å². The molecule has 2 unspecified atom stereocenters. The molecule has 2 heterocycles. The van der Waals surface area contributed by atoms with Gasteiger partial charge in [0.1, 0.15) is 11.6 Å². The van der Waals surface area contributed by atoms with Crippen LogP contribution in [0.25, 0.3) is 0 Å². The van der Waals surface area contributed by atoms with Crippen molar-refractivity contribution in [2.24, 2.45) is 11.1 Å². The molecule has 2 amide bonds. The molecule has 25 heavy (non-hydrogen) atoms. The number of carbonyl (C=O) groups is 2. The van der Waals surface area contributed by atoms with Crippen LogP contribution in [-0.4, -0.2) is 23.6 Å². The summed E-state index contributed by atoms with van der Waals surface area (Å²) in [5.74, 6) is -1.66. The predicted octanol–water partition coefficient (Wildman–Crippen LogP) is 3.59. The van der Waals surface area contributed by atoms with Crippen molar-refractivity contribution in [3.63, 3.8) is 0 Å². The van der Waals surface area contributed by atoms with Crippen LogP contribution < -0.4 is 4.90 Å². The number of hydrogen-bond donors (Lipinski definition) is 0. The molecule has 5 nitrogen and oxygen atoms in total. The van der Waals surface area contributed by atoms with Crippen molar-refractivity contribution in [1.29, 1.82) is 0 Å². The molecule has 2 aromatic carbocycles. The molecule has 0 bridgehead atoms. The van der Waals surface area contributed by atoms with Crippen LogP contribution in [0.5, 0.6) is 0 Å². The van der Waals surface area contributed by atoms with Gasteiger partial charge in [-0.3, -0.25) is 9.59 Å². The average molecular weight is 375 g/mol. The summed E-state index contributed by atoms with van der Waals surface area (Å²) in [6.07, 6.45) is -0.975. The Bertz CT molecular complexity index is 942. The summed E-state index contributed by atoms with van der Waals surface area (Å²) in [6.45, 7) is 1.81. The van der Waals surface area contributed by atoms with Gasteiger partial charge in [0, 0.05) is 15.6 Å². The van der Waals surface area contributed by atoms with Gasteiger partial charge in [0.25, 0.3) is 5.91 Å². The number of oxime groups is 1. The summed E-state index contributed by atoms with van der Waals surface area (Å²) in [5, 5.41) is 4.85. The normalized spacial score (nSPS) is 22.0. The quantitative estimate of drug-likeness (QED) is 0.754. The van der Waals surface area contributed by atoms with E-state index in [0.29, 0.717) is 27.0 Å². The molecule has 0 spiro atoms. The summed E-state index contributed by atoms with van der Waals surface area (Å²) in [4.78, 5) is 32.2. The van der Waals surface area contributed by atoms with E-state index in [-0.39, 0.29) is 0 Å². The Morgan fingerprint density at radius 1 is 1.08 bits per heavy atom. The smallest absolute Gasteiger partial charge is 0.278 e. The highest BCUT2D eigenvalue weighted by Gasteiger charge is 2.56. The zero-order valence-electron chi connectivity index (χ0n) is 13.1. The summed E-state index contributed by atoms with van der Waals surface area (Å²) in [7, 11) is 0. The van der Waals surface area contributed by atoms with Crippen LogP contribution in [0.3, 0.4) is 0 Å². The maximum Gasteiger partial charge on any atom is 0.278 e. The van der Waals surface area contributed by atoms with Gasteiger partial charge in [-0.25, -0.2) is 4.90 Å². The molecule has 7 heteroatoms. The van der Waals surface area contributed by atoms with Gasteiger partial charge in [-0.1, -0.05) is 52.6 Å². The molecule has 2 aliphatic heterocycles. The van der Waals surface area contributed by atoms with E-state index in [9.17, 15) is 9.59 Å². The Balaban J connectivity index is 1.77. The van der Waals surface area contributed by atoms with Gasteiger partial charge in [0.05, 0.1) is 5.69 Å². The molecule has 2 atom stereocenters. The number of imide groups is 1. The molecule has 126 valence electrons. The van der Waals surface area contributed by atoms with Crippen molar-refractivity contribution in [2.45, 2.75) is 13.0 Å². The second kappa shape index (κ2) is 5.86. The highest BCUT2D eigenvalue weighted by Crippen LogP contribution is 2.38. The van der Waals surface area contributed by atoms with Crippen molar-refractivity contribution < 1.29 is 14.4 Å². The molecular weight excluding hydrogens is 363 g/mol. The Morgan fingerprint density at radius 2 is 1.84 bits per heavy atom. The second-order valence-electron chi connectivity index (χ2n) is 5.90. The van der Waals surface area contributed by atoms with Gasteiger partial charge in [0.15, 0.2) is 0 Å². The van der Waals surface area contributed by atoms with E-state index < -0.39 is 23.8 Å². The van der Waals surface area contributed by atoms with Crippen LogP contribution in [0.4, 0.5) is 5.69 Å². The molecule has 0 saturated carbocycles. The second-order valence-corrected chi connectivity index (χ2v) is 6.75. The van der Waals surface area contributed by atoms with Gasteiger partial charge in [0.2, 0.25) is 12.0 Å². The number of benzene rings is 2. The zero-order chi connectivity index (χ0) is 17.7. The maximum absolute atomic E-state index is 13.0. The molecule has 2 aliphatic rings. The van der Waals surface area contributed by atoms with E-state index in [2.05, 4.69) is 5.16 Å². The molecule has 0 aliphatic carbocycles. The minimum Gasteiger partial charge on any atom is -0.381 e. The lowest BCUT2D eigenvalue weighted by atomic mass is 9.94. The first kappa shape index (κ1) is 16.1. The van der Waals surface area contributed by atoms with Crippen molar-refractivity contribution in [3.05, 3.63) is 63.6 Å². The lowest BCUT2D eigenvalue weighted by Crippen LogP contribution is -2.33. The lowest BCUT2D eigenvalue weighted by Gasteiger charge is -2.18. The molecule has 1 fully saturated rings. The highest BCUT2D eigenvalue weighted by atomic mass is 35.5. The number of carbonyl (C=O) groups excluding carboxylic acids is 2. The number of halogens is 2. The zero-order valence-corrected chi connectivity index (χ0v) is 14.6. The summed E-state index contributed by atoms with van der Waals surface area (Å²) in [5.41, 5.74) is 2.18. The van der Waals surface area contributed by atoms with Crippen molar-refractivity contribution >= 4 is 46.4 Å². The van der Waals surface area contributed by atoms with Gasteiger partial charge < -0.3 is 4.84 Å². The van der Waals surface area contributed by atoms with E-state index in [4.69, 9.17) is 28.0 Å². The van der Waals surface area contributed by atoms with Crippen LogP contribution in [0.1, 0.15) is 11.1 Å². The lowest BCUT2D eigenvalue weighted by molar-refractivity contribution is -0.126. The molecule has 0 N–H and O–H groups in total.